The van der Waals surface area contributed by atoms with E-state index in [2.05, 4.69) is 26.0 Å². The van der Waals surface area contributed by atoms with Gasteiger partial charge < -0.3 is 20.1 Å². The summed E-state index contributed by atoms with van der Waals surface area (Å²) >= 11 is 0. The van der Waals surface area contributed by atoms with E-state index in [1.165, 1.54) is 24.3 Å². The number of pyridine rings is 2. The molecule has 8 rings (SSSR count). The molecule has 1 spiro atoms. The highest BCUT2D eigenvalue weighted by atomic mass is 19.1. The van der Waals surface area contributed by atoms with E-state index < -0.39 is 17.2 Å². The highest BCUT2D eigenvalue weighted by Gasteiger charge is 2.52. The topological polar surface area (TPSA) is 73.8 Å². The summed E-state index contributed by atoms with van der Waals surface area (Å²) in [5.41, 5.74) is 1.55. The van der Waals surface area contributed by atoms with Crippen LogP contribution in [-0.4, -0.2) is 65.4 Å². The Kier molecular flexibility index (Phi) is 5.00. The molecule has 7 nitrogen and oxygen atoms in total. The Bertz CT molecular complexity index is 1790. The van der Waals surface area contributed by atoms with Gasteiger partial charge in [0.2, 0.25) is 0 Å². The summed E-state index contributed by atoms with van der Waals surface area (Å²) in [6.07, 6.45) is 9.59. The second kappa shape index (κ2) is 8.33. The van der Waals surface area contributed by atoms with Gasteiger partial charge in [0, 0.05) is 65.2 Å². The number of nitrogens with zero attached hydrogens (tertiary/aromatic N) is 4. The first-order valence-electron chi connectivity index (χ1n) is 13.6. The van der Waals surface area contributed by atoms with Crippen LogP contribution in [0.3, 0.4) is 0 Å². The molecule has 3 fully saturated rings. The van der Waals surface area contributed by atoms with Crippen molar-refractivity contribution in [2.45, 2.75) is 37.0 Å². The van der Waals surface area contributed by atoms with Crippen molar-refractivity contribution in [1.29, 1.82) is 0 Å². The first kappa shape index (κ1) is 24.0. The van der Waals surface area contributed by atoms with Gasteiger partial charge in [0.25, 0.3) is 0 Å². The van der Waals surface area contributed by atoms with Crippen molar-refractivity contribution in [2.24, 2.45) is 0 Å². The number of ether oxygens (including phenoxy) is 1. The lowest BCUT2D eigenvalue weighted by molar-refractivity contribution is -0.133. The van der Waals surface area contributed by atoms with Crippen LogP contribution in [0.5, 0.6) is 5.75 Å². The van der Waals surface area contributed by atoms with E-state index in [9.17, 15) is 9.50 Å². The Morgan fingerprint density at radius 2 is 1.93 bits per heavy atom. The molecule has 0 saturated carbocycles. The van der Waals surface area contributed by atoms with E-state index in [0.29, 0.717) is 53.4 Å². The molecule has 2 aromatic carbocycles. The number of halogens is 2. The maximum atomic E-state index is 17.0. The molecule has 2 bridgehead atoms. The summed E-state index contributed by atoms with van der Waals surface area (Å²) in [5.74, 6) is 1.96. The largest absolute Gasteiger partial charge is 0.508 e. The summed E-state index contributed by atoms with van der Waals surface area (Å²) in [7, 11) is 2.02. The monoisotopic (exact) mass is 539 g/mol. The SMILES string of the molecule is C#Cc1c(F)ccc2cc(O)cc(-c3ncc4c(N5CC6CCC(C5)N6)nc5c(c4c3F)CN(C)C53COC3)c12. The van der Waals surface area contributed by atoms with Crippen LogP contribution in [0.2, 0.25) is 0 Å². The summed E-state index contributed by atoms with van der Waals surface area (Å²) in [5, 5.41) is 16.2. The van der Waals surface area contributed by atoms with Crippen molar-refractivity contribution < 1.29 is 18.6 Å². The van der Waals surface area contributed by atoms with Crippen LogP contribution in [0.4, 0.5) is 14.6 Å². The normalized spacial score (nSPS) is 23.1. The van der Waals surface area contributed by atoms with Crippen LogP contribution < -0.4 is 10.2 Å². The smallest absolute Gasteiger partial charge is 0.157 e. The molecule has 9 heteroatoms. The van der Waals surface area contributed by atoms with Crippen LogP contribution in [0, 0.1) is 24.0 Å². The lowest BCUT2D eigenvalue weighted by Gasteiger charge is -2.43. The second-order valence-electron chi connectivity index (χ2n) is 11.6. The van der Waals surface area contributed by atoms with E-state index in [-0.39, 0.29) is 22.6 Å². The summed E-state index contributed by atoms with van der Waals surface area (Å²) in [6.45, 7) is 3.11. The van der Waals surface area contributed by atoms with Gasteiger partial charge in [0.15, 0.2) is 5.82 Å². The minimum atomic E-state index is -0.586. The number of hydrogen-bond donors (Lipinski definition) is 2. The van der Waals surface area contributed by atoms with Crippen LogP contribution in [0.25, 0.3) is 32.8 Å². The first-order valence-corrected chi connectivity index (χ1v) is 13.6. The molecule has 4 aliphatic heterocycles. The van der Waals surface area contributed by atoms with Gasteiger partial charge in [-0.15, -0.1) is 6.42 Å². The number of terminal acetylenes is 1. The van der Waals surface area contributed by atoms with Gasteiger partial charge in [-0.2, -0.15) is 0 Å². The second-order valence-corrected chi connectivity index (χ2v) is 11.6. The standard InChI is InChI=1S/C31H27F2N5O2/c1-3-20-24(32)7-4-16-8-19(39)9-21(25(16)20)28-27(33)26-22(10-34-28)30(38-11-17-5-6-18(12-38)35-17)36-29-23(26)13-37(2)31(29)14-40-15-31/h1,4,7-10,17-18,35,39H,5-6,11-15H2,2H3. The summed E-state index contributed by atoms with van der Waals surface area (Å²) in [6, 6.07) is 6.43. The number of anilines is 1. The number of fused-ring (bicyclic) bond motifs is 7. The van der Waals surface area contributed by atoms with E-state index in [4.69, 9.17) is 16.1 Å². The number of rotatable bonds is 2. The van der Waals surface area contributed by atoms with Crippen molar-refractivity contribution in [1.82, 2.24) is 20.2 Å². The lowest BCUT2D eigenvalue weighted by atomic mass is 9.90. The molecule has 6 heterocycles. The van der Waals surface area contributed by atoms with Gasteiger partial charge >= 0.3 is 0 Å². The third-order valence-corrected chi connectivity index (χ3v) is 9.28. The van der Waals surface area contributed by atoms with Crippen molar-refractivity contribution in [2.75, 3.05) is 38.3 Å². The lowest BCUT2D eigenvalue weighted by Crippen LogP contribution is -2.55. The molecule has 2 unspecified atom stereocenters. The van der Waals surface area contributed by atoms with Crippen LogP contribution >= 0.6 is 0 Å². The fourth-order valence-electron chi connectivity index (χ4n) is 7.22. The maximum Gasteiger partial charge on any atom is 0.157 e. The number of aromatic nitrogens is 2. The maximum absolute atomic E-state index is 17.0. The molecule has 2 atom stereocenters. The zero-order chi connectivity index (χ0) is 27.3. The zero-order valence-electron chi connectivity index (χ0n) is 22.0. The number of aromatic hydroxyl groups is 1. The predicted octanol–water partition coefficient (Wildman–Crippen LogP) is 4.03. The molecule has 40 heavy (non-hydrogen) atoms. The van der Waals surface area contributed by atoms with Gasteiger partial charge in [0.05, 0.1) is 24.5 Å². The number of benzene rings is 2. The highest BCUT2D eigenvalue weighted by molar-refractivity contribution is 6.04. The highest BCUT2D eigenvalue weighted by Crippen LogP contribution is 2.48. The van der Waals surface area contributed by atoms with Crippen molar-refractivity contribution in [3.05, 3.63) is 58.9 Å². The van der Waals surface area contributed by atoms with Crippen LogP contribution in [0.1, 0.15) is 29.7 Å². The van der Waals surface area contributed by atoms with E-state index in [1.807, 2.05) is 7.05 Å². The van der Waals surface area contributed by atoms with E-state index in [1.54, 1.807) is 6.20 Å². The Hall–Kier alpha value is -3.84. The molecule has 0 amide bonds. The third-order valence-electron chi connectivity index (χ3n) is 9.28. The number of hydrogen-bond acceptors (Lipinski definition) is 7. The van der Waals surface area contributed by atoms with Gasteiger partial charge in [0.1, 0.15) is 28.6 Å². The van der Waals surface area contributed by atoms with Crippen LogP contribution in [-0.2, 0) is 16.8 Å². The number of phenolic OH excluding ortho intramolecular Hbond substituents is 1. The number of nitrogens with one attached hydrogen (secondary N) is 1. The molecule has 4 aliphatic rings. The quantitative estimate of drug-likeness (QED) is 0.373. The molecule has 2 aromatic heterocycles. The van der Waals surface area contributed by atoms with E-state index >= 15 is 4.39 Å². The Balaban J connectivity index is 1.42. The van der Waals surface area contributed by atoms with Gasteiger partial charge in [-0.25, -0.2) is 13.8 Å². The predicted molar refractivity (Wildman–Crippen MR) is 148 cm³/mol. The number of phenols is 1. The summed E-state index contributed by atoms with van der Waals surface area (Å²) in [4.78, 5) is 14.3. The number of likely N-dealkylation sites (N-methyl/N-ethyl adjacent to an activating group) is 1. The Labute approximate surface area is 229 Å². The minimum absolute atomic E-state index is 0.0102. The molecule has 0 radical (unpaired) electrons. The van der Waals surface area contributed by atoms with Crippen molar-refractivity contribution in [3.63, 3.8) is 0 Å². The molecule has 2 N–H and O–H groups in total. The first-order chi connectivity index (χ1) is 19.4. The minimum Gasteiger partial charge on any atom is -0.508 e. The Morgan fingerprint density at radius 1 is 1.15 bits per heavy atom. The van der Waals surface area contributed by atoms with E-state index in [0.717, 1.165) is 43.0 Å². The molecule has 4 aromatic rings. The van der Waals surface area contributed by atoms with Gasteiger partial charge in [-0.05, 0) is 43.5 Å². The van der Waals surface area contributed by atoms with Crippen molar-refractivity contribution in [3.8, 4) is 29.4 Å². The van der Waals surface area contributed by atoms with Crippen LogP contribution in [0.15, 0.2) is 30.5 Å². The van der Waals surface area contributed by atoms with Crippen molar-refractivity contribution >= 4 is 27.4 Å². The van der Waals surface area contributed by atoms with Gasteiger partial charge in [-0.3, -0.25) is 9.88 Å². The molecular weight excluding hydrogens is 512 g/mol. The molecule has 3 saturated heterocycles. The number of piperazine rings is 1. The fraction of sp³-hybridized carbons (Fsp3) is 0.355. The summed E-state index contributed by atoms with van der Waals surface area (Å²) < 4.78 is 37.5. The van der Waals surface area contributed by atoms with Gasteiger partial charge in [-0.1, -0.05) is 12.0 Å². The average Bonchev–Trinajstić information content (AvgIpc) is 3.42. The Morgan fingerprint density at radius 3 is 2.62 bits per heavy atom. The molecule has 0 aliphatic carbocycles. The third kappa shape index (κ3) is 3.15. The average molecular weight is 540 g/mol. The molecular formula is C31H27F2N5O2. The molecule has 202 valence electrons. The zero-order valence-corrected chi connectivity index (χ0v) is 22.0. The fourth-order valence-corrected chi connectivity index (χ4v) is 7.22.